The molecule has 106 valence electrons. The van der Waals surface area contributed by atoms with Gasteiger partial charge in [0.1, 0.15) is 0 Å². The van der Waals surface area contributed by atoms with Crippen LogP contribution in [-0.4, -0.2) is 10.2 Å². The maximum absolute atomic E-state index is 4.38. The molecular formula is C16H22N4. The molecule has 0 radical (unpaired) electrons. The zero-order valence-electron chi connectivity index (χ0n) is 12.2. The Balaban J connectivity index is 1.72. The molecule has 4 heteroatoms. The van der Waals surface area contributed by atoms with Crippen LogP contribution >= 0.6 is 0 Å². The summed E-state index contributed by atoms with van der Waals surface area (Å²) >= 11 is 0. The third kappa shape index (κ3) is 2.84. The van der Waals surface area contributed by atoms with Crippen molar-refractivity contribution < 1.29 is 0 Å². The number of allylic oxidation sites excluding steroid dienone is 4. The van der Waals surface area contributed by atoms with Crippen LogP contribution in [0.25, 0.3) is 0 Å². The molecular weight excluding hydrogens is 248 g/mol. The van der Waals surface area contributed by atoms with Gasteiger partial charge < -0.3 is 10.9 Å². The second kappa shape index (κ2) is 5.65. The van der Waals surface area contributed by atoms with E-state index >= 15 is 0 Å². The van der Waals surface area contributed by atoms with Crippen molar-refractivity contribution in [3.8, 4) is 0 Å². The Morgan fingerprint density at radius 1 is 1.00 bits per heavy atom. The minimum Gasteiger partial charge on any atom is -0.306 e. The van der Waals surface area contributed by atoms with E-state index in [1.165, 1.54) is 25.0 Å². The van der Waals surface area contributed by atoms with Crippen molar-refractivity contribution in [2.24, 2.45) is 5.92 Å². The van der Waals surface area contributed by atoms with Crippen LogP contribution in [0.1, 0.15) is 49.9 Å². The Hall–Kier alpha value is -1.84. The fourth-order valence-electron chi connectivity index (χ4n) is 3.07. The Bertz CT molecular complexity index is 530. The van der Waals surface area contributed by atoms with Gasteiger partial charge in [0.25, 0.3) is 0 Å². The Kier molecular flexibility index (Phi) is 3.72. The molecule has 0 unspecified atom stereocenters. The van der Waals surface area contributed by atoms with Gasteiger partial charge in [0.05, 0.1) is 11.4 Å². The quantitative estimate of drug-likeness (QED) is 0.867. The average molecular weight is 270 g/mol. The topological polar surface area (TPSA) is 49.8 Å². The monoisotopic (exact) mass is 270 g/mol. The standard InChI is InChI=1S/C16H22N4/c1-11-6-8-15(19-17-11)13-4-3-5-14(10-13)16-9-7-12(2)18-20-16/h6-9,13-14,17,19H,3-5,10H2,1-2H3/t13-,14-/m1/s1. The van der Waals surface area contributed by atoms with E-state index in [-0.39, 0.29) is 0 Å². The Morgan fingerprint density at radius 3 is 2.55 bits per heavy atom. The van der Waals surface area contributed by atoms with Crippen LogP contribution < -0.4 is 10.9 Å². The molecule has 2 heterocycles. The van der Waals surface area contributed by atoms with Crippen molar-refractivity contribution in [1.82, 2.24) is 21.0 Å². The van der Waals surface area contributed by atoms with Crippen LogP contribution in [0.2, 0.25) is 0 Å². The molecule has 0 saturated heterocycles. The summed E-state index contributed by atoms with van der Waals surface area (Å²) in [5, 5.41) is 8.58. The molecule has 1 fully saturated rings. The van der Waals surface area contributed by atoms with Gasteiger partial charge >= 0.3 is 0 Å². The van der Waals surface area contributed by atoms with Crippen molar-refractivity contribution in [1.29, 1.82) is 0 Å². The molecule has 20 heavy (non-hydrogen) atoms. The van der Waals surface area contributed by atoms with Crippen molar-refractivity contribution in [3.63, 3.8) is 0 Å². The smallest absolute Gasteiger partial charge is 0.0662 e. The number of aromatic nitrogens is 2. The molecule has 0 bridgehead atoms. The summed E-state index contributed by atoms with van der Waals surface area (Å²) in [5.74, 6) is 1.13. The minimum atomic E-state index is 0.538. The highest BCUT2D eigenvalue weighted by Gasteiger charge is 2.27. The third-order valence-electron chi connectivity index (χ3n) is 4.27. The predicted molar refractivity (Wildman–Crippen MR) is 79.6 cm³/mol. The summed E-state index contributed by atoms with van der Waals surface area (Å²) in [5.41, 5.74) is 11.1. The van der Waals surface area contributed by atoms with Crippen molar-refractivity contribution in [2.45, 2.75) is 45.4 Å². The third-order valence-corrected chi connectivity index (χ3v) is 4.27. The first kappa shape index (κ1) is 13.2. The van der Waals surface area contributed by atoms with Gasteiger partial charge in [-0.15, -0.1) is 0 Å². The summed E-state index contributed by atoms with van der Waals surface area (Å²) in [4.78, 5) is 0. The number of rotatable bonds is 2. The molecule has 2 atom stereocenters. The zero-order valence-corrected chi connectivity index (χ0v) is 12.2. The number of nitrogens with zero attached hydrogens (tertiary/aromatic N) is 2. The highest BCUT2D eigenvalue weighted by molar-refractivity contribution is 5.22. The second-order valence-corrected chi connectivity index (χ2v) is 5.88. The molecule has 0 aromatic carbocycles. The van der Waals surface area contributed by atoms with Crippen LogP contribution in [0.3, 0.4) is 0 Å². The lowest BCUT2D eigenvalue weighted by Gasteiger charge is -2.32. The molecule has 0 spiro atoms. The summed E-state index contributed by atoms with van der Waals surface area (Å²) in [6.07, 6.45) is 9.24. The first-order valence-corrected chi connectivity index (χ1v) is 7.43. The number of nitrogens with one attached hydrogen (secondary N) is 2. The van der Waals surface area contributed by atoms with Crippen molar-refractivity contribution >= 4 is 0 Å². The van der Waals surface area contributed by atoms with Crippen molar-refractivity contribution in [2.75, 3.05) is 0 Å². The van der Waals surface area contributed by atoms with Gasteiger partial charge in [0.2, 0.25) is 0 Å². The lowest BCUT2D eigenvalue weighted by Crippen LogP contribution is -2.36. The highest BCUT2D eigenvalue weighted by Crippen LogP contribution is 2.38. The molecule has 4 nitrogen and oxygen atoms in total. The largest absolute Gasteiger partial charge is 0.306 e. The van der Waals surface area contributed by atoms with Gasteiger partial charge in [-0.3, -0.25) is 0 Å². The second-order valence-electron chi connectivity index (χ2n) is 5.88. The van der Waals surface area contributed by atoms with Crippen LogP contribution in [0.5, 0.6) is 0 Å². The lowest BCUT2D eigenvalue weighted by atomic mass is 9.78. The van der Waals surface area contributed by atoms with Gasteiger partial charge in [-0.2, -0.15) is 10.2 Å². The molecule has 3 rings (SSSR count). The first-order valence-electron chi connectivity index (χ1n) is 7.43. The van der Waals surface area contributed by atoms with Gasteiger partial charge in [-0.05, 0) is 57.4 Å². The summed E-state index contributed by atoms with van der Waals surface area (Å²) in [6, 6.07) is 4.21. The summed E-state index contributed by atoms with van der Waals surface area (Å²) in [6.45, 7) is 4.05. The fraction of sp³-hybridized carbons (Fsp3) is 0.500. The van der Waals surface area contributed by atoms with E-state index in [1.54, 1.807) is 0 Å². The molecule has 1 aromatic heterocycles. The molecule has 0 amide bonds. The van der Waals surface area contributed by atoms with Gasteiger partial charge in [-0.25, -0.2) is 0 Å². The first-order chi connectivity index (χ1) is 9.72. The van der Waals surface area contributed by atoms with Crippen LogP contribution in [0.4, 0.5) is 0 Å². The van der Waals surface area contributed by atoms with E-state index in [9.17, 15) is 0 Å². The maximum atomic E-state index is 4.38. The van der Waals surface area contributed by atoms with Crippen LogP contribution in [-0.2, 0) is 0 Å². The number of hydrogen-bond donors (Lipinski definition) is 2. The van der Waals surface area contributed by atoms with E-state index < -0.39 is 0 Å². The van der Waals surface area contributed by atoms with E-state index in [0.29, 0.717) is 11.8 Å². The molecule has 1 aliphatic carbocycles. The molecule has 1 aromatic rings. The Labute approximate surface area is 120 Å². The zero-order chi connectivity index (χ0) is 13.9. The predicted octanol–water partition coefficient (Wildman–Crippen LogP) is 2.95. The van der Waals surface area contributed by atoms with E-state index in [1.807, 2.05) is 6.92 Å². The number of hydrazine groups is 1. The highest BCUT2D eigenvalue weighted by atomic mass is 15.4. The molecule has 2 N–H and O–H groups in total. The molecule has 2 aliphatic rings. The molecule has 1 saturated carbocycles. The summed E-state index contributed by atoms with van der Waals surface area (Å²) < 4.78 is 0. The van der Waals surface area contributed by atoms with Crippen LogP contribution in [0.15, 0.2) is 35.7 Å². The van der Waals surface area contributed by atoms with Gasteiger partial charge in [-0.1, -0.05) is 6.42 Å². The van der Waals surface area contributed by atoms with E-state index in [4.69, 9.17) is 0 Å². The normalized spacial score (nSPS) is 26.1. The average Bonchev–Trinajstić information content (AvgIpc) is 2.49. The minimum absolute atomic E-state index is 0.538. The Morgan fingerprint density at radius 2 is 1.85 bits per heavy atom. The van der Waals surface area contributed by atoms with E-state index in [0.717, 1.165) is 23.5 Å². The molecule has 1 aliphatic heterocycles. The maximum Gasteiger partial charge on any atom is 0.0662 e. The summed E-state index contributed by atoms with van der Waals surface area (Å²) in [7, 11) is 0. The SMILES string of the molecule is CC1=CC=C([C@@H]2CCC[C@@H](c3ccc(C)nn3)C2)NN1. The van der Waals surface area contributed by atoms with E-state index in [2.05, 4.69) is 52.3 Å². The number of hydrogen-bond acceptors (Lipinski definition) is 4. The van der Waals surface area contributed by atoms with Gasteiger partial charge in [0.15, 0.2) is 0 Å². The van der Waals surface area contributed by atoms with Crippen LogP contribution in [0, 0.1) is 12.8 Å². The van der Waals surface area contributed by atoms with Crippen molar-refractivity contribution in [3.05, 3.63) is 47.1 Å². The lowest BCUT2D eigenvalue weighted by molar-refractivity contribution is 0.335. The fourth-order valence-corrected chi connectivity index (χ4v) is 3.07. The number of aryl methyl sites for hydroxylation is 1. The van der Waals surface area contributed by atoms with Gasteiger partial charge in [0, 0.05) is 23.2 Å².